The number of sulfonamides is 1. The molecule has 15 heavy (non-hydrogen) atoms. The van der Waals surface area contributed by atoms with Crippen LogP contribution in [0.25, 0.3) is 0 Å². The zero-order chi connectivity index (χ0) is 11.3. The molecule has 0 fully saturated rings. The van der Waals surface area contributed by atoms with Crippen molar-refractivity contribution in [2.24, 2.45) is 5.73 Å². The van der Waals surface area contributed by atoms with Crippen LogP contribution < -0.4 is 10.5 Å². The van der Waals surface area contributed by atoms with Gasteiger partial charge in [-0.1, -0.05) is 0 Å². The Bertz CT molecular complexity index is 401. The van der Waals surface area contributed by atoms with E-state index in [9.17, 15) is 8.42 Å². The van der Waals surface area contributed by atoms with Crippen molar-refractivity contribution in [3.05, 3.63) is 24.3 Å². The number of rotatable bonds is 5. The topological polar surface area (TPSA) is 72.2 Å². The van der Waals surface area contributed by atoms with E-state index < -0.39 is 10.0 Å². The van der Waals surface area contributed by atoms with Crippen LogP contribution in [-0.2, 0) is 10.0 Å². The lowest BCUT2D eigenvalue weighted by atomic mass is 10.4. The van der Waals surface area contributed by atoms with Gasteiger partial charge in [-0.2, -0.15) is 0 Å². The van der Waals surface area contributed by atoms with Gasteiger partial charge in [-0.3, -0.25) is 0 Å². The summed E-state index contributed by atoms with van der Waals surface area (Å²) < 4.78 is 25.6. The highest BCUT2D eigenvalue weighted by Crippen LogP contribution is 2.17. The minimum Gasteiger partial charge on any atom is -0.329 e. The molecule has 0 aliphatic rings. The molecular formula is C9H14N2O2S2. The maximum absolute atomic E-state index is 11.6. The van der Waals surface area contributed by atoms with Crippen molar-refractivity contribution in [3.63, 3.8) is 0 Å². The van der Waals surface area contributed by atoms with Crippen molar-refractivity contribution in [1.29, 1.82) is 0 Å². The molecule has 0 aliphatic carbocycles. The fourth-order valence-electron chi connectivity index (χ4n) is 1.03. The minimum atomic E-state index is -3.39. The third kappa shape index (κ3) is 3.49. The summed E-state index contributed by atoms with van der Waals surface area (Å²) in [5, 5.41) is 0. The summed E-state index contributed by atoms with van der Waals surface area (Å²) in [5.74, 6) is 0. The van der Waals surface area contributed by atoms with Gasteiger partial charge in [0.25, 0.3) is 0 Å². The van der Waals surface area contributed by atoms with Crippen LogP contribution in [0.5, 0.6) is 0 Å². The van der Waals surface area contributed by atoms with Gasteiger partial charge in [-0.15, -0.1) is 11.8 Å². The molecule has 0 unspecified atom stereocenters. The summed E-state index contributed by atoms with van der Waals surface area (Å²) in [6, 6.07) is 6.73. The molecule has 0 saturated heterocycles. The Balaban J connectivity index is 2.86. The van der Waals surface area contributed by atoms with E-state index in [4.69, 9.17) is 5.73 Å². The van der Waals surface area contributed by atoms with Gasteiger partial charge < -0.3 is 5.73 Å². The molecule has 1 rings (SSSR count). The van der Waals surface area contributed by atoms with Crippen molar-refractivity contribution in [1.82, 2.24) is 4.72 Å². The molecule has 0 bridgehead atoms. The van der Waals surface area contributed by atoms with Crippen molar-refractivity contribution < 1.29 is 8.42 Å². The summed E-state index contributed by atoms with van der Waals surface area (Å²) in [6.07, 6.45) is 1.94. The quantitative estimate of drug-likeness (QED) is 0.748. The number of hydrogen-bond donors (Lipinski definition) is 2. The monoisotopic (exact) mass is 246 g/mol. The Hall–Kier alpha value is -0.560. The number of benzene rings is 1. The first kappa shape index (κ1) is 12.5. The van der Waals surface area contributed by atoms with Crippen LogP contribution in [0.3, 0.4) is 0 Å². The van der Waals surface area contributed by atoms with E-state index in [1.807, 2.05) is 6.26 Å². The van der Waals surface area contributed by atoms with Crippen molar-refractivity contribution >= 4 is 21.8 Å². The van der Waals surface area contributed by atoms with E-state index in [0.717, 1.165) is 4.90 Å². The Morgan fingerprint density at radius 3 is 2.40 bits per heavy atom. The van der Waals surface area contributed by atoms with E-state index >= 15 is 0 Å². The summed E-state index contributed by atoms with van der Waals surface area (Å²) in [5.41, 5.74) is 5.23. The van der Waals surface area contributed by atoms with E-state index in [-0.39, 0.29) is 11.4 Å². The average molecular weight is 246 g/mol. The second-order valence-corrected chi connectivity index (χ2v) is 5.51. The van der Waals surface area contributed by atoms with Gasteiger partial charge in [0.05, 0.1) is 4.90 Å². The maximum Gasteiger partial charge on any atom is 0.240 e. The first-order valence-electron chi connectivity index (χ1n) is 4.44. The molecule has 0 heterocycles. The van der Waals surface area contributed by atoms with Gasteiger partial charge in [0.15, 0.2) is 0 Å². The summed E-state index contributed by atoms with van der Waals surface area (Å²) >= 11 is 1.57. The molecule has 1 aromatic carbocycles. The number of hydrogen-bond acceptors (Lipinski definition) is 4. The molecule has 0 radical (unpaired) electrons. The second-order valence-electron chi connectivity index (χ2n) is 2.86. The van der Waals surface area contributed by atoms with Gasteiger partial charge >= 0.3 is 0 Å². The van der Waals surface area contributed by atoms with Gasteiger partial charge in [0.2, 0.25) is 10.0 Å². The van der Waals surface area contributed by atoms with Gasteiger partial charge in [0.1, 0.15) is 0 Å². The van der Waals surface area contributed by atoms with Gasteiger partial charge in [-0.25, -0.2) is 13.1 Å². The van der Waals surface area contributed by atoms with Crippen LogP contribution in [0.4, 0.5) is 0 Å². The lowest BCUT2D eigenvalue weighted by Gasteiger charge is -2.05. The molecule has 84 valence electrons. The molecular weight excluding hydrogens is 232 g/mol. The standard InChI is InChI=1S/C9H14N2O2S2/c1-14-8-2-4-9(5-3-8)15(12,13)11-7-6-10/h2-5,11H,6-7,10H2,1H3. The zero-order valence-electron chi connectivity index (χ0n) is 8.43. The van der Waals surface area contributed by atoms with Crippen molar-refractivity contribution in [3.8, 4) is 0 Å². The lowest BCUT2D eigenvalue weighted by molar-refractivity contribution is 0.582. The Kier molecular flexibility index (Phi) is 4.59. The van der Waals surface area contributed by atoms with Crippen LogP contribution in [0.2, 0.25) is 0 Å². The van der Waals surface area contributed by atoms with E-state index in [1.165, 1.54) is 0 Å². The molecule has 0 spiro atoms. The minimum absolute atomic E-state index is 0.257. The molecule has 0 aromatic heterocycles. The van der Waals surface area contributed by atoms with Crippen LogP contribution in [0.15, 0.2) is 34.1 Å². The van der Waals surface area contributed by atoms with Crippen LogP contribution in [-0.4, -0.2) is 27.8 Å². The molecule has 0 aliphatic heterocycles. The number of nitrogens with one attached hydrogen (secondary N) is 1. The van der Waals surface area contributed by atoms with Gasteiger partial charge in [0, 0.05) is 18.0 Å². The van der Waals surface area contributed by atoms with Crippen molar-refractivity contribution in [2.45, 2.75) is 9.79 Å². The van der Waals surface area contributed by atoms with Crippen molar-refractivity contribution in [2.75, 3.05) is 19.3 Å². The third-order valence-corrected chi connectivity index (χ3v) is 4.03. The Morgan fingerprint density at radius 2 is 1.93 bits per heavy atom. The van der Waals surface area contributed by atoms with Crippen LogP contribution >= 0.6 is 11.8 Å². The van der Waals surface area contributed by atoms with Crippen LogP contribution in [0.1, 0.15) is 0 Å². The zero-order valence-corrected chi connectivity index (χ0v) is 10.1. The second kappa shape index (κ2) is 5.50. The SMILES string of the molecule is CSc1ccc(S(=O)(=O)NCCN)cc1. The predicted molar refractivity (Wildman–Crippen MR) is 62.5 cm³/mol. The molecule has 0 saturated carbocycles. The largest absolute Gasteiger partial charge is 0.329 e. The maximum atomic E-state index is 11.6. The molecule has 0 atom stereocenters. The lowest BCUT2D eigenvalue weighted by Crippen LogP contribution is -2.29. The van der Waals surface area contributed by atoms with E-state index in [2.05, 4.69) is 4.72 Å². The highest BCUT2D eigenvalue weighted by Gasteiger charge is 2.11. The predicted octanol–water partition coefficient (Wildman–Crippen LogP) is 0.645. The fourth-order valence-corrected chi connectivity index (χ4v) is 2.49. The van der Waals surface area contributed by atoms with E-state index in [1.54, 1.807) is 36.0 Å². The highest BCUT2D eigenvalue weighted by atomic mass is 32.2. The Labute approximate surface area is 94.3 Å². The summed E-state index contributed by atoms with van der Waals surface area (Å²) in [6.45, 7) is 0.550. The number of thioether (sulfide) groups is 1. The number of nitrogens with two attached hydrogens (primary N) is 1. The van der Waals surface area contributed by atoms with Gasteiger partial charge in [-0.05, 0) is 30.5 Å². The molecule has 4 nitrogen and oxygen atoms in total. The summed E-state index contributed by atoms with van der Waals surface area (Å²) in [7, 11) is -3.39. The first-order chi connectivity index (χ1) is 7.10. The third-order valence-electron chi connectivity index (χ3n) is 1.81. The average Bonchev–Trinajstić information content (AvgIpc) is 2.26. The first-order valence-corrected chi connectivity index (χ1v) is 7.15. The molecule has 3 N–H and O–H groups in total. The Morgan fingerprint density at radius 1 is 1.33 bits per heavy atom. The highest BCUT2D eigenvalue weighted by molar-refractivity contribution is 7.98. The summed E-state index contributed by atoms with van der Waals surface area (Å²) in [4.78, 5) is 1.31. The van der Waals surface area contributed by atoms with E-state index in [0.29, 0.717) is 6.54 Å². The fraction of sp³-hybridized carbons (Fsp3) is 0.333. The molecule has 6 heteroatoms. The normalized spacial score (nSPS) is 11.6. The smallest absolute Gasteiger partial charge is 0.240 e. The molecule has 0 amide bonds. The molecule has 1 aromatic rings. The van der Waals surface area contributed by atoms with Crippen LogP contribution in [0, 0.1) is 0 Å².